The maximum absolute atomic E-state index is 3.53. The smallest absolute Gasteiger partial charge is 0.0101 e. The number of unbranched alkanes of at least 4 members (excludes halogenated alkanes) is 17. The highest BCUT2D eigenvalue weighted by Crippen LogP contribution is 2.14. The molecule has 0 aliphatic carbocycles. The Labute approximate surface area is 166 Å². The molecule has 0 spiro atoms. The van der Waals surface area contributed by atoms with Crippen molar-refractivity contribution in [1.29, 1.82) is 0 Å². The van der Waals surface area contributed by atoms with Crippen LogP contribution >= 0.6 is 0 Å². The Balaban J connectivity index is 2.97. The van der Waals surface area contributed by atoms with Crippen LogP contribution in [0.3, 0.4) is 0 Å². The minimum Gasteiger partial charge on any atom is -0.315 e. The first-order chi connectivity index (χ1) is 12.8. The largest absolute Gasteiger partial charge is 0.315 e. The highest BCUT2D eigenvalue weighted by Gasteiger charge is 1.95. The first-order valence-corrected chi connectivity index (χ1v) is 12.1. The first-order valence-electron chi connectivity index (χ1n) is 12.1. The maximum atomic E-state index is 3.53. The Morgan fingerprint density at radius 2 is 0.808 bits per heavy atom. The minimum atomic E-state index is 1.13. The molecule has 2 heteroatoms. The van der Waals surface area contributed by atoms with E-state index in [9.17, 15) is 0 Å². The molecule has 0 aliphatic heterocycles. The van der Waals surface area contributed by atoms with Gasteiger partial charge in [0.05, 0.1) is 0 Å². The van der Waals surface area contributed by atoms with E-state index in [2.05, 4.69) is 31.2 Å². The number of hydrogen-bond acceptors (Lipinski definition) is 2. The van der Waals surface area contributed by atoms with Gasteiger partial charge in [-0.15, -0.1) is 0 Å². The average Bonchev–Trinajstić information content (AvgIpc) is 2.62. The molecule has 158 valence electrons. The molecule has 0 rings (SSSR count). The van der Waals surface area contributed by atoms with Crippen LogP contribution in [0.1, 0.15) is 122 Å². The van der Waals surface area contributed by atoms with Crippen LogP contribution in [-0.2, 0) is 0 Å². The van der Waals surface area contributed by atoms with E-state index in [-0.39, 0.29) is 0 Å². The second-order valence-electron chi connectivity index (χ2n) is 8.56. The van der Waals surface area contributed by atoms with Crippen LogP contribution in [0.15, 0.2) is 0 Å². The van der Waals surface area contributed by atoms with Gasteiger partial charge in [-0.3, -0.25) is 0 Å². The molecule has 1 N–H and O–H groups in total. The van der Waals surface area contributed by atoms with Crippen molar-refractivity contribution in [2.45, 2.75) is 122 Å². The highest BCUT2D eigenvalue weighted by molar-refractivity contribution is 4.53. The lowest BCUT2D eigenvalue weighted by atomic mass is 10.0. The SMILES string of the molecule is CCCCCCCCCCCCCCCCCCCCNCCN(C)C. The molecule has 0 aliphatic rings. The quantitative estimate of drug-likeness (QED) is 0.204. The van der Waals surface area contributed by atoms with Crippen LogP contribution in [0.5, 0.6) is 0 Å². The Kier molecular flexibility index (Phi) is 22.9. The zero-order valence-electron chi connectivity index (χ0n) is 18.8. The molecule has 0 heterocycles. The van der Waals surface area contributed by atoms with Crippen molar-refractivity contribution < 1.29 is 0 Å². The molecule has 0 aromatic rings. The molecule has 0 unspecified atom stereocenters. The molecule has 0 atom stereocenters. The molecule has 0 saturated carbocycles. The number of nitrogens with one attached hydrogen (secondary N) is 1. The van der Waals surface area contributed by atoms with Crippen LogP contribution in [0, 0.1) is 0 Å². The number of rotatable bonds is 22. The molecule has 0 fully saturated rings. The lowest BCUT2D eigenvalue weighted by molar-refractivity contribution is 0.398. The van der Waals surface area contributed by atoms with E-state index in [1.165, 1.54) is 122 Å². The molecule has 0 aromatic heterocycles. The van der Waals surface area contributed by atoms with Crippen molar-refractivity contribution in [3.63, 3.8) is 0 Å². The first kappa shape index (κ1) is 25.9. The second-order valence-corrected chi connectivity index (χ2v) is 8.56. The zero-order chi connectivity index (χ0) is 19.1. The fourth-order valence-corrected chi connectivity index (χ4v) is 3.58. The Hall–Kier alpha value is -0.0800. The normalized spacial score (nSPS) is 11.5. The Bertz CT molecular complexity index is 240. The molecule has 26 heavy (non-hydrogen) atoms. The molecule has 0 radical (unpaired) electrons. The molecular formula is C24H52N2. The van der Waals surface area contributed by atoms with Gasteiger partial charge in [0.25, 0.3) is 0 Å². The molecule has 2 nitrogen and oxygen atoms in total. The highest BCUT2D eigenvalue weighted by atomic mass is 15.1. The summed E-state index contributed by atoms with van der Waals surface area (Å²) in [4.78, 5) is 2.24. The van der Waals surface area contributed by atoms with Crippen molar-refractivity contribution in [3.05, 3.63) is 0 Å². The van der Waals surface area contributed by atoms with Gasteiger partial charge in [-0.05, 0) is 27.1 Å². The molecule has 0 bridgehead atoms. The summed E-state index contributed by atoms with van der Waals surface area (Å²) in [6.45, 7) is 5.78. The van der Waals surface area contributed by atoms with Crippen molar-refractivity contribution >= 4 is 0 Å². The number of nitrogens with zero attached hydrogens (tertiary/aromatic N) is 1. The third-order valence-electron chi connectivity index (χ3n) is 5.44. The number of likely N-dealkylation sites (N-methyl/N-ethyl adjacent to an activating group) is 1. The predicted molar refractivity (Wildman–Crippen MR) is 120 cm³/mol. The summed E-state index contributed by atoms with van der Waals surface area (Å²) >= 11 is 0. The summed E-state index contributed by atoms with van der Waals surface area (Å²) in [5, 5.41) is 3.53. The summed E-state index contributed by atoms with van der Waals surface area (Å²) < 4.78 is 0. The maximum Gasteiger partial charge on any atom is 0.0101 e. The number of hydrogen-bond donors (Lipinski definition) is 1. The standard InChI is InChI=1S/C24H52N2/c1-4-5-6-7-8-9-10-11-12-13-14-15-16-17-18-19-20-21-22-25-23-24-26(2)3/h25H,4-24H2,1-3H3. The topological polar surface area (TPSA) is 15.3 Å². The summed E-state index contributed by atoms with van der Waals surface area (Å²) in [6, 6.07) is 0. The molecule has 0 aromatic carbocycles. The summed E-state index contributed by atoms with van der Waals surface area (Å²) in [5.41, 5.74) is 0. The zero-order valence-corrected chi connectivity index (χ0v) is 18.8. The fraction of sp³-hybridized carbons (Fsp3) is 1.00. The van der Waals surface area contributed by atoms with Gasteiger partial charge in [0.1, 0.15) is 0 Å². The van der Waals surface area contributed by atoms with E-state index < -0.39 is 0 Å². The van der Waals surface area contributed by atoms with Crippen molar-refractivity contribution in [2.24, 2.45) is 0 Å². The van der Waals surface area contributed by atoms with Crippen LogP contribution in [-0.4, -0.2) is 38.6 Å². The van der Waals surface area contributed by atoms with Crippen molar-refractivity contribution in [2.75, 3.05) is 33.7 Å². The minimum absolute atomic E-state index is 1.13. The fourth-order valence-electron chi connectivity index (χ4n) is 3.58. The van der Waals surface area contributed by atoms with Gasteiger partial charge in [0.2, 0.25) is 0 Å². The van der Waals surface area contributed by atoms with Gasteiger partial charge < -0.3 is 10.2 Å². The van der Waals surface area contributed by atoms with Crippen LogP contribution in [0.4, 0.5) is 0 Å². The van der Waals surface area contributed by atoms with E-state index in [0.717, 1.165) is 13.1 Å². The molecule has 0 saturated heterocycles. The Morgan fingerprint density at radius 3 is 1.15 bits per heavy atom. The van der Waals surface area contributed by atoms with Crippen LogP contribution < -0.4 is 5.32 Å². The molecule has 0 amide bonds. The van der Waals surface area contributed by atoms with Crippen molar-refractivity contribution in [3.8, 4) is 0 Å². The van der Waals surface area contributed by atoms with Crippen molar-refractivity contribution in [1.82, 2.24) is 10.2 Å². The third kappa shape index (κ3) is 23.9. The van der Waals surface area contributed by atoms with E-state index in [0.29, 0.717) is 0 Å². The van der Waals surface area contributed by atoms with Gasteiger partial charge in [-0.2, -0.15) is 0 Å². The Morgan fingerprint density at radius 1 is 0.462 bits per heavy atom. The van der Waals surface area contributed by atoms with Gasteiger partial charge in [0, 0.05) is 13.1 Å². The van der Waals surface area contributed by atoms with Crippen LogP contribution in [0.25, 0.3) is 0 Å². The van der Waals surface area contributed by atoms with Gasteiger partial charge in [-0.1, -0.05) is 116 Å². The van der Waals surface area contributed by atoms with Gasteiger partial charge >= 0.3 is 0 Å². The van der Waals surface area contributed by atoms with Gasteiger partial charge in [-0.25, -0.2) is 0 Å². The van der Waals surface area contributed by atoms with E-state index >= 15 is 0 Å². The lowest BCUT2D eigenvalue weighted by Crippen LogP contribution is -2.27. The predicted octanol–water partition coefficient (Wildman–Crippen LogP) is 7.18. The summed E-state index contributed by atoms with van der Waals surface area (Å²) in [7, 11) is 4.27. The van der Waals surface area contributed by atoms with E-state index in [4.69, 9.17) is 0 Å². The van der Waals surface area contributed by atoms with Crippen LogP contribution in [0.2, 0.25) is 0 Å². The average molecular weight is 369 g/mol. The lowest BCUT2D eigenvalue weighted by Gasteiger charge is -2.10. The van der Waals surface area contributed by atoms with E-state index in [1.807, 2.05) is 0 Å². The second kappa shape index (κ2) is 23.0. The summed E-state index contributed by atoms with van der Waals surface area (Å²) in [5.74, 6) is 0. The van der Waals surface area contributed by atoms with Gasteiger partial charge in [0.15, 0.2) is 0 Å². The summed E-state index contributed by atoms with van der Waals surface area (Å²) in [6.07, 6.45) is 26.2. The third-order valence-corrected chi connectivity index (χ3v) is 5.44. The molecular weight excluding hydrogens is 316 g/mol. The van der Waals surface area contributed by atoms with E-state index in [1.54, 1.807) is 0 Å². The monoisotopic (exact) mass is 368 g/mol.